The van der Waals surface area contributed by atoms with Crippen LogP contribution in [0, 0.1) is 6.92 Å². The highest BCUT2D eigenvalue weighted by Crippen LogP contribution is 2.39. The average molecular weight is 271 g/mol. The predicted molar refractivity (Wildman–Crippen MR) is 63.6 cm³/mol. The summed E-state index contributed by atoms with van der Waals surface area (Å²) in [6.07, 6.45) is -5.67. The van der Waals surface area contributed by atoms with E-state index in [9.17, 15) is 18.0 Å². The number of nitrogens with one attached hydrogen (secondary N) is 1. The molecule has 0 saturated carbocycles. The van der Waals surface area contributed by atoms with E-state index in [1.54, 1.807) is 18.2 Å². The molecule has 3 nitrogen and oxygen atoms in total. The number of halogens is 3. The van der Waals surface area contributed by atoms with E-state index in [1.165, 1.54) is 6.20 Å². The zero-order chi connectivity index (χ0) is 14.2. The molecule has 2 rings (SSSR count). The lowest BCUT2D eigenvalue weighted by atomic mass is 10.1. The highest BCUT2D eigenvalue weighted by atomic mass is 19.4. The zero-order valence-corrected chi connectivity index (χ0v) is 10.3. The van der Waals surface area contributed by atoms with Crippen LogP contribution in [0.15, 0.2) is 24.4 Å². The van der Waals surface area contributed by atoms with Gasteiger partial charge in [0.25, 0.3) is 0 Å². The van der Waals surface area contributed by atoms with Gasteiger partial charge in [0, 0.05) is 29.6 Å². The van der Waals surface area contributed by atoms with E-state index in [2.05, 4.69) is 9.72 Å². The summed E-state index contributed by atoms with van der Waals surface area (Å²) >= 11 is 0. The van der Waals surface area contributed by atoms with E-state index < -0.39 is 18.2 Å². The van der Waals surface area contributed by atoms with Crippen LogP contribution in [0.25, 0.3) is 10.9 Å². The van der Waals surface area contributed by atoms with E-state index in [1.807, 2.05) is 6.92 Å². The quantitative estimate of drug-likeness (QED) is 0.847. The van der Waals surface area contributed by atoms with Gasteiger partial charge in [-0.25, -0.2) is 0 Å². The smallest absolute Gasteiger partial charge is 0.429 e. The molecule has 1 N–H and O–H groups in total. The molecule has 0 saturated heterocycles. The van der Waals surface area contributed by atoms with Gasteiger partial charge in [-0.15, -0.1) is 0 Å². The summed E-state index contributed by atoms with van der Waals surface area (Å²) < 4.78 is 43.3. The number of aromatic nitrogens is 1. The lowest BCUT2D eigenvalue weighted by molar-refractivity contribution is -0.222. The van der Waals surface area contributed by atoms with Crippen LogP contribution in [0.3, 0.4) is 0 Å². The summed E-state index contributed by atoms with van der Waals surface area (Å²) in [6.45, 7) is 2.80. The first-order valence-electron chi connectivity index (χ1n) is 5.60. The molecule has 0 aliphatic heterocycles. The number of benzene rings is 1. The normalized spacial score (nSPS) is 13.5. The maximum Gasteiger partial charge on any atom is 0.429 e. The first-order valence-corrected chi connectivity index (χ1v) is 5.60. The average Bonchev–Trinajstić information content (AvgIpc) is 2.66. The Labute approximate surface area is 107 Å². The summed E-state index contributed by atoms with van der Waals surface area (Å²) in [5, 5.41) is 0.397. The number of hydrogen-bond acceptors (Lipinski definition) is 2. The topological polar surface area (TPSA) is 42.1 Å². The number of rotatable bonds is 2. The Morgan fingerprint density at radius 3 is 2.63 bits per heavy atom. The Kier molecular flexibility index (Phi) is 3.26. The fourth-order valence-corrected chi connectivity index (χ4v) is 1.95. The predicted octanol–water partition coefficient (Wildman–Crippen LogP) is 3.64. The van der Waals surface area contributed by atoms with Crippen molar-refractivity contribution < 1.29 is 22.7 Å². The Morgan fingerprint density at radius 1 is 1.37 bits per heavy atom. The number of aromatic amines is 1. The van der Waals surface area contributed by atoms with Gasteiger partial charge in [-0.3, -0.25) is 4.79 Å². The maximum atomic E-state index is 13.0. The Morgan fingerprint density at radius 2 is 2.05 bits per heavy atom. The summed E-state index contributed by atoms with van der Waals surface area (Å²) in [6, 6.07) is 5.03. The van der Waals surface area contributed by atoms with Crippen LogP contribution in [0.4, 0.5) is 13.2 Å². The molecule has 0 aliphatic carbocycles. The van der Waals surface area contributed by atoms with Gasteiger partial charge in [0.1, 0.15) is 0 Å². The summed E-state index contributed by atoms with van der Waals surface area (Å²) in [5.74, 6) is -0.969. The second-order valence-electron chi connectivity index (χ2n) is 4.32. The third-order valence-corrected chi connectivity index (χ3v) is 2.73. The van der Waals surface area contributed by atoms with Crippen LogP contribution in [0.1, 0.15) is 24.2 Å². The molecular formula is C13H12F3NO2. The number of ether oxygens (including phenoxy) is 1. The molecule has 1 atom stereocenters. The molecule has 0 aliphatic rings. The highest BCUT2D eigenvalue weighted by molar-refractivity contribution is 5.84. The van der Waals surface area contributed by atoms with Crippen LogP contribution < -0.4 is 0 Å². The molecule has 1 heterocycles. The van der Waals surface area contributed by atoms with Crippen LogP contribution in [0.2, 0.25) is 0 Å². The molecule has 102 valence electrons. The van der Waals surface area contributed by atoms with Crippen molar-refractivity contribution in [1.29, 1.82) is 0 Å². The van der Waals surface area contributed by atoms with Gasteiger partial charge in [-0.1, -0.05) is 12.1 Å². The van der Waals surface area contributed by atoms with Crippen molar-refractivity contribution in [1.82, 2.24) is 4.98 Å². The molecule has 0 amide bonds. The number of carbonyl (C=O) groups is 1. The van der Waals surface area contributed by atoms with Crippen molar-refractivity contribution >= 4 is 16.9 Å². The first-order chi connectivity index (χ1) is 8.79. The first kappa shape index (κ1) is 13.5. The number of fused-ring (bicyclic) bond motifs is 1. The second kappa shape index (κ2) is 4.60. The molecule has 0 unspecified atom stereocenters. The molecular weight excluding hydrogens is 259 g/mol. The molecule has 0 bridgehead atoms. The second-order valence-corrected chi connectivity index (χ2v) is 4.32. The summed E-state index contributed by atoms with van der Waals surface area (Å²) in [5.41, 5.74) is 1.42. The third kappa shape index (κ3) is 2.72. The lowest BCUT2D eigenvalue weighted by Gasteiger charge is -2.19. The molecule has 1 aromatic carbocycles. The summed E-state index contributed by atoms with van der Waals surface area (Å²) in [7, 11) is 0. The van der Waals surface area contributed by atoms with Gasteiger partial charge < -0.3 is 9.72 Å². The minimum atomic E-state index is -4.65. The highest BCUT2D eigenvalue weighted by Gasteiger charge is 2.44. The molecule has 0 fully saturated rings. The standard InChI is InChI=1S/C13H12F3NO2/c1-7-3-4-9-10(6-17-11(9)5-7)12(13(14,15)16)19-8(2)18/h3-6,12,17H,1-2H3/t12-/m1/s1. The Balaban J connectivity index is 2.53. The molecule has 19 heavy (non-hydrogen) atoms. The van der Waals surface area contributed by atoms with Crippen molar-refractivity contribution in [3.63, 3.8) is 0 Å². The van der Waals surface area contributed by atoms with Crippen LogP contribution in [-0.4, -0.2) is 17.1 Å². The summed E-state index contributed by atoms with van der Waals surface area (Å²) in [4.78, 5) is 13.6. The SMILES string of the molecule is CC(=O)O[C@H](c1c[nH]c2cc(C)ccc12)C(F)(F)F. The van der Waals surface area contributed by atoms with Crippen LogP contribution in [-0.2, 0) is 9.53 Å². The molecule has 6 heteroatoms. The van der Waals surface area contributed by atoms with Gasteiger partial charge in [0.05, 0.1) is 0 Å². The lowest BCUT2D eigenvalue weighted by Crippen LogP contribution is -2.25. The molecule has 0 radical (unpaired) electrons. The Bertz CT molecular complexity index is 616. The van der Waals surface area contributed by atoms with Crippen molar-refractivity contribution in [2.75, 3.05) is 0 Å². The van der Waals surface area contributed by atoms with Crippen molar-refractivity contribution in [2.45, 2.75) is 26.1 Å². The van der Waals surface area contributed by atoms with Crippen molar-refractivity contribution in [3.05, 3.63) is 35.5 Å². The fraction of sp³-hybridized carbons (Fsp3) is 0.308. The maximum absolute atomic E-state index is 13.0. The van der Waals surface area contributed by atoms with E-state index in [0.717, 1.165) is 12.5 Å². The molecule has 0 spiro atoms. The van der Waals surface area contributed by atoms with Gasteiger partial charge >= 0.3 is 12.1 Å². The van der Waals surface area contributed by atoms with Gasteiger partial charge in [0.2, 0.25) is 6.10 Å². The molecule has 2 aromatic rings. The minimum Gasteiger partial charge on any atom is -0.448 e. The van der Waals surface area contributed by atoms with E-state index in [-0.39, 0.29) is 5.56 Å². The largest absolute Gasteiger partial charge is 0.448 e. The number of hydrogen-bond donors (Lipinski definition) is 1. The van der Waals surface area contributed by atoms with Crippen LogP contribution >= 0.6 is 0 Å². The van der Waals surface area contributed by atoms with Gasteiger partial charge in [0.15, 0.2) is 0 Å². The van der Waals surface area contributed by atoms with Gasteiger partial charge in [-0.05, 0) is 18.6 Å². The van der Waals surface area contributed by atoms with E-state index in [0.29, 0.717) is 10.9 Å². The number of alkyl halides is 3. The fourth-order valence-electron chi connectivity index (χ4n) is 1.95. The number of carbonyl (C=O) groups excluding carboxylic acids is 1. The van der Waals surface area contributed by atoms with Gasteiger partial charge in [-0.2, -0.15) is 13.2 Å². The van der Waals surface area contributed by atoms with Crippen molar-refractivity contribution in [3.8, 4) is 0 Å². The van der Waals surface area contributed by atoms with E-state index >= 15 is 0 Å². The zero-order valence-electron chi connectivity index (χ0n) is 10.3. The Hall–Kier alpha value is -1.98. The number of esters is 1. The van der Waals surface area contributed by atoms with Crippen molar-refractivity contribution in [2.24, 2.45) is 0 Å². The minimum absolute atomic E-state index is 0.0855. The monoisotopic (exact) mass is 271 g/mol. The third-order valence-electron chi connectivity index (χ3n) is 2.73. The van der Waals surface area contributed by atoms with E-state index in [4.69, 9.17) is 0 Å². The van der Waals surface area contributed by atoms with Crippen LogP contribution in [0.5, 0.6) is 0 Å². The molecule has 1 aromatic heterocycles. The number of aryl methyl sites for hydroxylation is 1. The number of H-pyrrole nitrogens is 1.